The molecule has 0 radical (unpaired) electrons. The number of likely N-dealkylation sites (N-methyl/N-ethyl adjacent to an activating group) is 1. The van der Waals surface area contributed by atoms with E-state index in [0.717, 1.165) is 12.1 Å². The van der Waals surface area contributed by atoms with Gasteiger partial charge in [-0.2, -0.15) is 0 Å². The fourth-order valence-corrected chi connectivity index (χ4v) is 3.81. The fraction of sp³-hybridized carbons (Fsp3) is 0.182. The Morgan fingerprint density at radius 1 is 1.09 bits per heavy atom. The van der Waals surface area contributed by atoms with Gasteiger partial charge in [0.1, 0.15) is 11.6 Å². The van der Waals surface area contributed by atoms with Crippen molar-refractivity contribution in [2.24, 2.45) is 0 Å². The van der Waals surface area contributed by atoms with Crippen molar-refractivity contribution in [2.75, 3.05) is 25.5 Å². The zero-order valence-corrected chi connectivity index (χ0v) is 18.4. The van der Waals surface area contributed by atoms with Crippen molar-refractivity contribution in [3.8, 4) is 16.3 Å². The lowest BCUT2D eigenvalue weighted by molar-refractivity contribution is 0.163. The number of fused-ring (bicyclic) bond motifs is 1. The van der Waals surface area contributed by atoms with Gasteiger partial charge in [-0.25, -0.2) is 27.9 Å². The first kappa shape index (κ1) is 22.5. The van der Waals surface area contributed by atoms with Crippen LogP contribution < -0.4 is 10.1 Å². The number of nitrogens with one attached hydrogen (secondary N) is 1. The third-order valence-electron chi connectivity index (χ3n) is 4.64. The Hall–Kier alpha value is -3.73. The van der Waals surface area contributed by atoms with Crippen molar-refractivity contribution in [1.29, 1.82) is 0 Å². The van der Waals surface area contributed by atoms with Gasteiger partial charge >= 0.3 is 6.09 Å². The number of carbonyl (C=O) groups is 1. The number of nitrogens with zero attached hydrogens (tertiary/aromatic N) is 4. The van der Waals surface area contributed by atoms with E-state index in [-0.39, 0.29) is 29.3 Å². The topological polar surface area (TPSA) is 80.2 Å². The zero-order chi connectivity index (χ0) is 23.5. The number of anilines is 1. The molecule has 0 saturated heterocycles. The Morgan fingerprint density at radius 2 is 1.79 bits per heavy atom. The number of ether oxygens (including phenoxy) is 1. The van der Waals surface area contributed by atoms with E-state index in [1.54, 1.807) is 26.1 Å². The summed E-state index contributed by atoms with van der Waals surface area (Å²) in [6.07, 6.45) is 0.776. The molecule has 11 heteroatoms. The van der Waals surface area contributed by atoms with Crippen LogP contribution in [0, 0.1) is 24.4 Å². The predicted molar refractivity (Wildman–Crippen MR) is 119 cm³/mol. The molecular weight excluding hydrogens is 455 g/mol. The quantitative estimate of drug-likeness (QED) is 0.424. The molecule has 2 aromatic heterocycles. The molecular formula is C22H18F3N5O2S. The van der Waals surface area contributed by atoms with Crippen LogP contribution in [0.15, 0.2) is 42.6 Å². The number of rotatable bonds is 6. The molecule has 0 saturated carbocycles. The lowest BCUT2D eigenvalue weighted by Crippen LogP contribution is -2.34. The number of amides is 1. The normalized spacial score (nSPS) is 10.9. The molecule has 0 fully saturated rings. The van der Waals surface area contributed by atoms with E-state index in [1.807, 2.05) is 0 Å². The molecule has 7 nitrogen and oxygen atoms in total. The van der Waals surface area contributed by atoms with E-state index in [1.165, 1.54) is 34.6 Å². The van der Waals surface area contributed by atoms with Gasteiger partial charge in [0.15, 0.2) is 11.6 Å². The Balaban J connectivity index is 1.36. The third-order valence-corrected chi connectivity index (χ3v) is 5.64. The minimum Gasteiger partial charge on any atom is -0.389 e. The molecule has 33 heavy (non-hydrogen) atoms. The summed E-state index contributed by atoms with van der Waals surface area (Å²) in [7, 11) is 1.56. The van der Waals surface area contributed by atoms with Crippen LogP contribution in [0.2, 0.25) is 0 Å². The van der Waals surface area contributed by atoms with Crippen LogP contribution in [-0.4, -0.2) is 46.1 Å². The minimum atomic E-state index is -1.01. The average molecular weight is 473 g/mol. The molecule has 0 aliphatic heterocycles. The molecule has 0 atom stereocenters. The Bertz CT molecular complexity index is 1310. The average Bonchev–Trinajstić information content (AvgIpc) is 3.15. The van der Waals surface area contributed by atoms with Crippen LogP contribution in [-0.2, 0) is 0 Å². The number of carbonyl (C=O) groups excluding carboxylic acids is 1. The maximum atomic E-state index is 13.4. The second-order valence-corrected chi connectivity index (χ2v) is 8.30. The van der Waals surface area contributed by atoms with Gasteiger partial charge in [0, 0.05) is 32.3 Å². The largest absolute Gasteiger partial charge is 0.416 e. The first-order chi connectivity index (χ1) is 15.8. The second-order valence-electron chi connectivity index (χ2n) is 7.10. The van der Waals surface area contributed by atoms with E-state index < -0.39 is 17.7 Å². The number of benzene rings is 2. The first-order valence-electron chi connectivity index (χ1n) is 9.82. The van der Waals surface area contributed by atoms with Crippen LogP contribution in [0.3, 0.4) is 0 Å². The van der Waals surface area contributed by atoms with Crippen LogP contribution in [0.4, 0.5) is 23.8 Å². The summed E-state index contributed by atoms with van der Waals surface area (Å²) in [6.45, 7) is 2.34. The summed E-state index contributed by atoms with van der Waals surface area (Å²) in [5.41, 5.74) is 1.13. The van der Waals surface area contributed by atoms with Gasteiger partial charge in [-0.1, -0.05) is 12.1 Å². The van der Waals surface area contributed by atoms with Crippen LogP contribution in [0.1, 0.15) is 5.01 Å². The summed E-state index contributed by atoms with van der Waals surface area (Å²) in [4.78, 5) is 27.0. The Morgan fingerprint density at radius 3 is 2.52 bits per heavy atom. The molecule has 4 aromatic rings. The number of halogens is 3. The number of aromatic nitrogens is 3. The SMILES string of the molecule is Cc1nc(OC(=O)N(C)CCNc2cnc3cc(F)c(F)cc3n2)c(-c2ccc(F)cc2)s1. The highest BCUT2D eigenvalue weighted by Crippen LogP contribution is 2.35. The molecule has 4 rings (SSSR count). The van der Waals surface area contributed by atoms with Crippen molar-refractivity contribution in [2.45, 2.75) is 6.92 Å². The first-order valence-corrected chi connectivity index (χ1v) is 10.6. The van der Waals surface area contributed by atoms with Gasteiger partial charge in [-0.3, -0.25) is 4.98 Å². The summed E-state index contributed by atoms with van der Waals surface area (Å²) in [5.74, 6) is -1.85. The number of hydrogen-bond donors (Lipinski definition) is 1. The van der Waals surface area contributed by atoms with Gasteiger partial charge in [-0.15, -0.1) is 11.3 Å². The van der Waals surface area contributed by atoms with Crippen LogP contribution in [0.5, 0.6) is 5.88 Å². The maximum Gasteiger partial charge on any atom is 0.416 e. The lowest BCUT2D eigenvalue weighted by atomic mass is 10.2. The van der Waals surface area contributed by atoms with Crippen molar-refractivity contribution in [1.82, 2.24) is 19.9 Å². The molecule has 1 N–H and O–H groups in total. The summed E-state index contributed by atoms with van der Waals surface area (Å²) < 4.78 is 45.4. The molecule has 0 aliphatic rings. The molecule has 2 aromatic carbocycles. The van der Waals surface area contributed by atoms with Crippen LogP contribution >= 0.6 is 11.3 Å². The van der Waals surface area contributed by atoms with Gasteiger partial charge in [0.2, 0.25) is 5.88 Å². The van der Waals surface area contributed by atoms with Gasteiger partial charge in [0.25, 0.3) is 0 Å². The van der Waals surface area contributed by atoms with Crippen molar-refractivity contribution in [3.63, 3.8) is 0 Å². The second kappa shape index (κ2) is 9.41. The maximum absolute atomic E-state index is 13.4. The van der Waals surface area contributed by atoms with Gasteiger partial charge in [-0.05, 0) is 24.6 Å². The fourth-order valence-electron chi connectivity index (χ4n) is 2.96. The highest BCUT2D eigenvalue weighted by atomic mass is 32.1. The smallest absolute Gasteiger partial charge is 0.389 e. The van der Waals surface area contributed by atoms with Crippen molar-refractivity contribution >= 4 is 34.3 Å². The summed E-state index contributed by atoms with van der Waals surface area (Å²) >= 11 is 1.34. The lowest BCUT2D eigenvalue weighted by Gasteiger charge is -2.17. The summed E-state index contributed by atoms with van der Waals surface area (Å²) in [5, 5.41) is 3.68. The zero-order valence-electron chi connectivity index (χ0n) is 17.6. The number of thiazole rings is 1. The molecule has 2 heterocycles. The molecule has 170 valence electrons. The van der Waals surface area contributed by atoms with Crippen molar-refractivity contribution < 1.29 is 22.7 Å². The standard InChI is InChI=1S/C22H18F3N5O2S/c1-12-28-21(20(33-12)13-3-5-14(23)6-4-13)32-22(31)30(2)8-7-26-19-11-27-17-9-15(24)16(25)10-18(17)29-19/h3-6,9-11H,7-8H2,1-2H3,(H,26,29). The Kier molecular flexibility index (Phi) is 6.40. The monoisotopic (exact) mass is 473 g/mol. The highest BCUT2D eigenvalue weighted by Gasteiger charge is 2.19. The number of aryl methyl sites for hydroxylation is 1. The van der Waals surface area contributed by atoms with Gasteiger partial charge < -0.3 is 15.0 Å². The van der Waals surface area contributed by atoms with Crippen LogP contribution in [0.25, 0.3) is 21.5 Å². The molecule has 0 aliphatic carbocycles. The minimum absolute atomic E-state index is 0.156. The highest BCUT2D eigenvalue weighted by molar-refractivity contribution is 7.15. The Labute approximate surface area is 190 Å². The van der Waals surface area contributed by atoms with E-state index in [9.17, 15) is 18.0 Å². The van der Waals surface area contributed by atoms with E-state index in [0.29, 0.717) is 27.8 Å². The summed E-state index contributed by atoms with van der Waals surface area (Å²) in [6, 6.07) is 7.80. The van der Waals surface area contributed by atoms with E-state index in [4.69, 9.17) is 4.74 Å². The van der Waals surface area contributed by atoms with Crippen molar-refractivity contribution in [3.05, 3.63) is 65.1 Å². The number of hydrogen-bond acceptors (Lipinski definition) is 7. The third kappa shape index (κ3) is 5.20. The molecule has 0 spiro atoms. The molecule has 0 unspecified atom stereocenters. The van der Waals surface area contributed by atoms with E-state index in [2.05, 4.69) is 20.3 Å². The molecule has 1 amide bonds. The predicted octanol–water partition coefficient (Wildman–Crippen LogP) is 5.02. The van der Waals surface area contributed by atoms with E-state index >= 15 is 0 Å². The van der Waals surface area contributed by atoms with Gasteiger partial charge in [0.05, 0.1) is 27.1 Å². The molecule has 0 bridgehead atoms.